The second-order valence-corrected chi connectivity index (χ2v) is 8.38. The van der Waals surface area contributed by atoms with E-state index in [0.717, 1.165) is 64.2 Å². The molecule has 2 fully saturated rings. The van der Waals surface area contributed by atoms with Gasteiger partial charge in [-0.3, -0.25) is 9.69 Å². The van der Waals surface area contributed by atoms with Crippen molar-refractivity contribution in [3.63, 3.8) is 0 Å². The van der Waals surface area contributed by atoms with Crippen LogP contribution in [0.3, 0.4) is 0 Å². The van der Waals surface area contributed by atoms with E-state index in [9.17, 15) is 9.90 Å². The summed E-state index contributed by atoms with van der Waals surface area (Å²) in [4.78, 5) is 22.1. The summed E-state index contributed by atoms with van der Waals surface area (Å²) >= 11 is 0. The molecular weight excluding hydrogens is 340 g/mol. The number of likely N-dealkylation sites (tertiary alicyclic amines) is 1. The molecule has 0 spiro atoms. The first kappa shape index (κ1) is 20.1. The highest BCUT2D eigenvalue weighted by Crippen LogP contribution is 2.21. The van der Waals surface area contributed by atoms with Gasteiger partial charge in [-0.25, -0.2) is 0 Å². The first-order valence-electron chi connectivity index (χ1n) is 10.1. The highest BCUT2D eigenvalue weighted by molar-refractivity contribution is 5.79. The van der Waals surface area contributed by atoms with Gasteiger partial charge in [0.05, 0.1) is 5.92 Å². The van der Waals surface area contributed by atoms with E-state index in [-0.39, 0.29) is 5.92 Å². The fraction of sp³-hybridized carbons (Fsp3) is 0.667. The number of likely N-dealkylation sites (N-methyl/N-ethyl adjacent to an activating group) is 2. The van der Waals surface area contributed by atoms with Crippen molar-refractivity contribution in [3.05, 3.63) is 29.8 Å². The van der Waals surface area contributed by atoms with Gasteiger partial charge in [0.15, 0.2) is 0 Å². The monoisotopic (exact) mass is 374 g/mol. The van der Waals surface area contributed by atoms with Gasteiger partial charge in [0.25, 0.3) is 0 Å². The average molecular weight is 375 g/mol. The van der Waals surface area contributed by atoms with Crippen molar-refractivity contribution in [3.8, 4) is 5.75 Å². The summed E-state index contributed by atoms with van der Waals surface area (Å²) in [5, 5.41) is 9.62. The van der Waals surface area contributed by atoms with Crippen LogP contribution in [-0.4, -0.2) is 97.1 Å². The molecule has 6 nitrogen and oxygen atoms in total. The Morgan fingerprint density at radius 2 is 1.89 bits per heavy atom. The van der Waals surface area contributed by atoms with Crippen LogP contribution in [0.1, 0.15) is 18.4 Å². The van der Waals surface area contributed by atoms with Gasteiger partial charge >= 0.3 is 0 Å². The van der Waals surface area contributed by atoms with E-state index in [0.29, 0.717) is 17.7 Å². The zero-order valence-electron chi connectivity index (χ0n) is 17.0. The van der Waals surface area contributed by atoms with Crippen molar-refractivity contribution in [2.45, 2.75) is 25.4 Å². The summed E-state index contributed by atoms with van der Waals surface area (Å²) in [5.41, 5.74) is 1.12. The summed E-state index contributed by atoms with van der Waals surface area (Å²) in [6, 6.07) is 7.98. The standard InChI is InChI=1S/C21H34N4O2/c1-22(2)19-8-7-18(15-23(3)16-19)21(27)25-11-9-24(10-12-25)14-17-5-4-6-20(26)13-17/h4-6,13,18-19,26H,7-12,14-16H2,1-3H3/t18-,19+/m1/s1. The number of rotatable bonds is 4. The molecule has 0 unspecified atom stereocenters. The zero-order valence-corrected chi connectivity index (χ0v) is 17.0. The minimum atomic E-state index is 0.123. The van der Waals surface area contributed by atoms with Crippen molar-refractivity contribution in [2.75, 3.05) is 60.4 Å². The Morgan fingerprint density at radius 1 is 1.15 bits per heavy atom. The van der Waals surface area contributed by atoms with Crippen LogP contribution in [-0.2, 0) is 11.3 Å². The smallest absolute Gasteiger partial charge is 0.227 e. The molecule has 1 aromatic rings. The largest absolute Gasteiger partial charge is 0.508 e. The number of amides is 1. The van der Waals surface area contributed by atoms with Gasteiger partial charge in [0, 0.05) is 51.9 Å². The molecule has 2 atom stereocenters. The van der Waals surface area contributed by atoms with Crippen LogP contribution >= 0.6 is 0 Å². The van der Waals surface area contributed by atoms with Crippen LogP contribution in [0.2, 0.25) is 0 Å². The first-order chi connectivity index (χ1) is 12.9. The Balaban J connectivity index is 1.50. The Hall–Kier alpha value is -1.63. The van der Waals surface area contributed by atoms with E-state index < -0.39 is 0 Å². The van der Waals surface area contributed by atoms with Gasteiger partial charge in [-0.15, -0.1) is 0 Å². The minimum absolute atomic E-state index is 0.123. The molecule has 2 heterocycles. The maximum Gasteiger partial charge on any atom is 0.227 e. The fourth-order valence-corrected chi connectivity index (χ4v) is 4.31. The van der Waals surface area contributed by atoms with Crippen molar-refractivity contribution in [1.29, 1.82) is 0 Å². The summed E-state index contributed by atoms with van der Waals surface area (Å²) < 4.78 is 0. The number of nitrogens with zero attached hydrogens (tertiary/aromatic N) is 4. The number of hydrogen-bond donors (Lipinski definition) is 1. The minimum Gasteiger partial charge on any atom is -0.508 e. The average Bonchev–Trinajstić information content (AvgIpc) is 2.84. The third-order valence-corrected chi connectivity index (χ3v) is 5.98. The number of phenolic OH excluding ortho intramolecular Hbond substituents is 1. The summed E-state index contributed by atoms with van der Waals surface area (Å²) in [5.74, 6) is 0.769. The molecule has 1 amide bonds. The van der Waals surface area contributed by atoms with Crippen LogP contribution in [0.25, 0.3) is 0 Å². The van der Waals surface area contributed by atoms with Crippen LogP contribution in [0.4, 0.5) is 0 Å². The maximum absolute atomic E-state index is 13.1. The van der Waals surface area contributed by atoms with E-state index in [4.69, 9.17) is 0 Å². The number of benzene rings is 1. The molecule has 6 heteroatoms. The topological polar surface area (TPSA) is 50.3 Å². The van der Waals surface area contributed by atoms with Gasteiger partial charge in [0.1, 0.15) is 5.75 Å². The molecular formula is C21H34N4O2. The summed E-state index contributed by atoms with van der Waals surface area (Å²) in [6.07, 6.45) is 2.07. The van der Waals surface area contributed by atoms with Crippen LogP contribution in [0.15, 0.2) is 24.3 Å². The van der Waals surface area contributed by atoms with Gasteiger partial charge in [0.2, 0.25) is 5.91 Å². The summed E-state index contributed by atoms with van der Waals surface area (Å²) in [6.45, 7) is 6.12. The second kappa shape index (κ2) is 9.04. The molecule has 1 N–H and O–H groups in total. The third-order valence-electron chi connectivity index (χ3n) is 5.98. The number of piperazine rings is 1. The van der Waals surface area contributed by atoms with Crippen molar-refractivity contribution in [2.24, 2.45) is 5.92 Å². The highest BCUT2D eigenvalue weighted by atomic mass is 16.3. The zero-order chi connectivity index (χ0) is 19.4. The molecule has 27 heavy (non-hydrogen) atoms. The maximum atomic E-state index is 13.1. The van der Waals surface area contributed by atoms with Crippen molar-refractivity contribution < 1.29 is 9.90 Å². The Bertz CT molecular complexity index is 628. The second-order valence-electron chi connectivity index (χ2n) is 8.38. The van der Waals surface area contributed by atoms with E-state index in [2.05, 4.69) is 40.7 Å². The lowest BCUT2D eigenvalue weighted by Crippen LogP contribution is -2.51. The Labute approximate surface area is 163 Å². The van der Waals surface area contributed by atoms with Gasteiger partial charge in [-0.1, -0.05) is 12.1 Å². The lowest BCUT2D eigenvalue weighted by molar-refractivity contribution is -0.138. The molecule has 3 rings (SSSR count). The lowest BCUT2D eigenvalue weighted by Gasteiger charge is -2.36. The predicted molar refractivity (Wildman–Crippen MR) is 108 cm³/mol. The molecule has 2 saturated heterocycles. The van der Waals surface area contributed by atoms with Crippen molar-refractivity contribution >= 4 is 5.91 Å². The van der Waals surface area contributed by atoms with Crippen LogP contribution in [0.5, 0.6) is 5.75 Å². The van der Waals surface area contributed by atoms with Gasteiger partial charge in [-0.2, -0.15) is 0 Å². The van der Waals surface area contributed by atoms with Crippen molar-refractivity contribution in [1.82, 2.24) is 19.6 Å². The normalized spacial score (nSPS) is 25.6. The Morgan fingerprint density at radius 3 is 2.56 bits per heavy atom. The first-order valence-corrected chi connectivity index (χ1v) is 10.1. The molecule has 2 aliphatic rings. The quantitative estimate of drug-likeness (QED) is 0.861. The number of carbonyl (C=O) groups excluding carboxylic acids is 1. The predicted octanol–water partition coefficient (Wildman–Crippen LogP) is 1.31. The summed E-state index contributed by atoms with van der Waals surface area (Å²) in [7, 11) is 6.40. The highest BCUT2D eigenvalue weighted by Gasteiger charge is 2.31. The molecule has 0 radical (unpaired) electrons. The lowest BCUT2D eigenvalue weighted by atomic mass is 9.99. The fourth-order valence-electron chi connectivity index (χ4n) is 4.31. The number of carbonyl (C=O) groups is 1. The van der Waals surface area contributed by atoms with Crippen LogP contribution in [0, 0.1) is 5.92 Å². The molecule has 150 valence electrons. The molecule has 0 bridgehead atoms. The molecule has 1 aromatic carbocycles. The SMILES string of the molecule is CN1C[C@H](C(=O)N2CCN(Cc3cccc(O)c3)CC2)CC[C@H](N(C)C)C1. The third kappa shape index (κ3) is 5.43. The molecule has 0 saturated carbocycles. The van der Waals surface area contributed by atoms with Crippen LogP contribution < -0.4 is 0 Å². The van der Waals surface area contributed by atoms with E-state index >= 15 is 0 Å². The van der Waals surface area contributed by atoms with E-state index in [1.54, 1.807) is 6.07 Å². The number of phenols is 1. The van der Waals surface area contributed by atoms with E-state index in [1.165, 1.54) is 0 Å². The van der Waals surface area contributed by atoms with Gasteiger partial charge < -0.3 is 19.8 Å². The molecule has 0 aliphatic carbocycles. The Kier molecular flexibility index (Phi) is 6.73. The number of hydrogen-bond acceptors (Lipinski definition) is 5. The number of aromatic hydroxyl groups is 1. The molecule has 0 aromatic heterocycles. The van der Waals surface area contributed by atoms with E-state index in [1.807, 2.05) is 18.2 Å². The molecule has 2 aliphatic heterocycles. The van der Waals surface area contributed by atoms with Gasteiger partial charge in [-0.05, 0) is 51.7 Å².